The molecular formula is C17H19F4N3O3S. The summed E-state index contributed by atoms with van der Waals surface area (Å²) in [4.78, 5) is 12.2. The number of halogens is 4. The summed E-state index contributed by atoms with van der Waals surface area (Å²) >= 11 is 0. The molecule has 11 heteroatoms. The van der Waals surface area contributed by atoms with Gasteiger partial charge < -0.3 is 5.32 Å². The molecule has 2 rings (SSSR count). The third kappa shape index (κ3) is 5.24. The molecule has 1 heterocycles. The summed E-state index contributed by atoms with van der Waals surface area (Å²) in [6.07, 6.45) is -4.36. The minimum absolute atomic E-state index is 0.0627. The predicted octanol–water partition coefficient (Wildman–Crippen LogP) is 3.44. The zero-order chi connectivity index (χ0) is 21.3. The highest BCUT2D eigenvalue weighted by molar-refractivity contribution is 7.92. The highest BCUT2D eigenvalue weighted by atomic mass is 32.2. The van der Waals surface area contributed by atoms with Crippen LogP contribution in [0.15, 0.2) is 29.1 Å². The highest BCUT2D eigenvalue weighted by Gasteiger charge is 2.35. The lowest BCUT2D eigenvalue weighted by Crippen LogP contribution is -2.30. The van der Waals surface area contributed by atoms with Crippen molar-refractivity contribution < 1.29 is 26.0 Å². The Morgan fingerprint density at radius 1 is 1.14 bits per heavy atom. The molecule has 0 aliphatic heterocycles. The Hall–Kier alpha value is -2.56. The van der Waals surface area contributed by atoms with Gasteiger partial charge in [-0.2, -0.15) is 13.2 Å². The standard InChI is InChI=1S/C17H19F4N3O3S/c1-4-11-5-6-13(12(18)8-11)22-15-14(7-10(2)16(25)24(15)3)23-28(26,27)9-17(19,20)21/h5-8,22-23H,4,9H2,1-3H3. The van der Waals surface area contributed by atoms with E-state index in [1.165, 1.54) is 26.1 Å². The molecule has 6 nitrogen and oxygen atoms in total. The Kier molecular flexibility index (Phi) is 6.07. The van der Waals surface area contributed by atoms with Crippen molar-refractivity contribution in [2.75, 3.05) is 15.8 Å². The van der Waals surface area contributed by atoms with Crippen LogP contribution in [0.4, 0.5) is 34.8 Å². The fourth-order valence-electron chi connectivity index (χ4n) is 2.55. The lowest BCUT2D eigenvalue weighted by atomic mass is 10.1. The van der Waals surface area contributed by atoms with Crippen LogP contribution in [-0.2, 0) is 23.5 Å². The first-order chi connectivity index (χ1) is 12.8. The van der Waals surface area contributed by atoms with Crippen molar-refractivity contribution in [1.82, 2.24) is 4.57 Å². The second kappa shape index (κ2) is 7.82. The van der Waals surface area contributed by atoms with Crippen molar-refractivity contribution >= 4 is 27.2 Å². The zero-order valence-corrected chi connectivity index (χ0v) is 16.1. The third-order valence-electron chi connectivity index (χ3n) is 3.91. The van der Waals surface area contributed by atoms with Crippen molar-refractivity contribution in [2.45, 2.75) is 26.4 Å². The Balaban J connectivity index is 2.52. The number of pyridine rings is 1. The maximum absolute atomic E-state index is 14.3. The number of hydrogen-bond acceptors (Lipinski definition) is 4. The molecule has 0 bridgehead atoms. The summed E-state index contributed by atoms with van der Waals surface area (Å²) in [7, 11) is -3.51. The molecule has 1 aromatic heterocycles. The quantitative estimate of drug-likeness (QED) is 0.701. The second-order valence-electron chi connectivity index (χ2n) is 6.22. The molecule has 0 radical (unpaired) electrons. The van der Waals surface area contributed by atoms with Crippen molar-refractivity contribution in [1.29, 1.82) is 0 Å². The maximum Gasteiger partial charge on any atom is 0.404 e. The molecule has 0 amide bonds. The van der Waals surface area contributed by atoms with Crippen LogP contribution >= 0.6 is 0 Å². The maximum atomic E-state index is 14.3. The average molecular weight is 421 g/mol. The number of anilines is 3. The van der Waals surface area contributed by atoms with Gasteiger partial charge in [0.2, 0.25) is 10.0 Å². The van der Waals surface area contributed by atoms with E-state index >= 15 is 0 Å². The van der Waals surface area contributed by atoms with Crippen LogP contribution in [0.2, 0.25) is 0 Å². The molecule has 0 saturated carbocycles. The molecule has 2 N–H and O–H groups in total. The fourth-order valence-corrected chi connectivity index (χ4v) is 3.54. The number of aromatic nitrogens is 1. The lowest BCUT2D eigenvalue weighted by Gasteiger charge is -2.19. The number of nitrogens with zero attached hydrogens (tertiary/aromatic N) is 1. The number of hydrogen-bond donors (Lipinski definition) is 2. The van der Waals surface area contributed by atoms with Crippen LogP contribution in [0.3, 0.4) is 0 Å². The molecule has 0 aliphatic rings. The van der Waals surface area contributed by atoms with Gasteiger partial charge in [0.1, 0.15) is 11.6 Å². The number of nitrogens with one attached hydrogen (secondary N) is 2. The summed E-state index contributed by atoms with van der Waals surface area (Å²) in [5.41, 5.74) is -0.0755. The Bertz CT molecular complexity index is 1050. The molecule has 0 unspecified atom stereocenters. The van der Waals surface area contributed by atoms with Crippen molar-refractivity contribution in [3.63, 3.8) is 0 Å². The van der Waals surface area contributed by atoms with E-state index in [-0.39, 0.29) is 22.8 Å². The second-order valence-corrected chi connectivity index (χ2v) is 7.95. The molecular weight excluding hydrogens is 402 g/mol. The molecule has 154 valence electrons. The molecule has 28 heavy (non-hydrogen) atoms. The summed E-state index contributed by atoms with van der Waals surface area (Å²) in [6.45, 7) is 3.21. The van der Waals surface area contributed by atoms with E-state index in [0.29, 0.717) is 12.0 Å². The normalized spacial score (nSPS) is 12.1. The first-order valence-electron chi connectivity index (χ1n) is 8.16. The van der Waals surface area contributed by atoms with Crippen LogP contribution in [0.1, 0.15) is 18.1 Å². The van der Waals surface area contributed by atoms with E-state index in [2.05, 4.69) is 5.32 Å². The van der Waals surface area contributed by atoms with E-state index in [9.17, 15) is 30.8 Å². The van der Waals surface area contributed by atoms with Gasteiger partial charge in [0, 0.05) is 12.6 Å². The van der Waals surface area contributed by atoms with Gasteiger partial charge in [0.05, 0.1) is 11.4 Å². The van der Waals surface area contributed by atoms with E-state index in [4.69, 9.17) is 0 Å². The van der Waals surface area contributed by atoms with E-state index < -0.39 is 33.3 Å². The molecule has 1 aromatic carbocycles. The van der Waals surface area contributed by atoms with Gasteiger partial charge in [-0.1, -0.05) is 13.0 Å². The largest absolute Gasteiger partial charge is 0.404 e. The zero-order valence-electron chi connectivity index (χ0n) is 15.3. The number of aryl methyl sites for hydroxylation is 2. The van der Waals surface area contributed by atoms with Gasteiger partial charge in [-0.25, -0.2) is 12.8 Å². The van der Waals surface area contributed by atoms with Gasteiger partial charge in [-0.05, 0) is 37.1 Å². The van der Waals surface area contributed by atoms with Crippen molar-refractivity contribution in [3.05, 3.63) is 51.6 Å². The predicted molar refractivity (Wildman–Crippen MR) is 98.9 cm³/mol. The fraction of sp³-hybridized carbons (Fsp3) is 0.353. The molecule has 0 fully saturated rings. The Morgan fingerprint density at radius 3 is 2.32 bits per heavy atom. The molecule has 2 aromatic rings. The van der Waals surface area contributed by atoms with Crippen LogP contribution in [0, 0.1) is 12.7 Å². The van der Waals surface area contributed by atoms with Crippen LogP contribution in [0.25, 0.3) is 0 Å². The third-order valence-corrected chi connectivity index (χ3v) is 5.15. The molecule has 0 spiro atoms. The summed E-state index contributed by atoms with van der Waals surface area (Å²) in [6, 6.07) is 5.39. The van der Waals surface area contributed by atoms with Crippen molar-refractivity contribution in [2.24, 2.45) is 7.05 Å². The minimum Gasteiger partial charge on any atom is -0.337 e. The van der Waals surface area contributed by atoms with Gasteiger partial charge in [-0.15, -0.1) is 0 Å². The highest BCUT2D eigenvalue weighted by Crippen LogP contribution is 2.28. The average Bonchev–Trinajstić information content (AvgIpc) is 2.55. The van der Waals surface area contributed by atoms with Crippen LogP contribution in [0.5, 0.6) is 0 Å². The van der Waals surface area contributed by atoms with Gasteiger partial charge in [0.15, 0.2) is 5.75 Å². The van der Waals surface area contributed by atoms with Gasteiger partial charge in [0.25, 0.3) is 5.56 Å². The monoisotopic (exact) mass is 421 g/mol. The Labute approximate surface area is 159 Å². The summed E-state index contributed by atoms with van der Waals surface area (Å²) in [5.74, 6) is -2.94. The van der Waals surface area contributed by atoms with Gasteiger partial charge >= 0.3 is 6.18 Å². The molecule has 0 atom stereocenters. The number of rotatable bonds is 6. The SMILES string of the molecule is CCc1ccc(Nc2c(NS(=O)(=O)CC(F)(F)F)cc(C)c(=O)n2C)c(F)c1. The number of sulfonamides is 1. The van der Waals surface area contributed by atoms with E-state index in [1.54, 1.807) is 6.07 Å². The first-order valence-corrected chi connectivity index (χ1v) is 9.81. The lowest BCUT2D eigenvalue weighted by molar-refractivity contribution is -0.106. The minimum atomic E-state index is -4.95. The van der Waals surface area contributed by atoms with Crippen molar-refractivity contribution in [3.8, 4) is 0 Å². The summed E-state index contributed by atoms with van der Waals surface area (Å²) < 4.78 is 78.3. The first kappa shape index (κ1) is 21.7. The number of alkyl halides is 3. The smallest absolute Gasteiger partial charge is 0.337 e. The topological polar surface area (TPSA) is 80.2 Å². The molecule has 0 aliphatic carbocycles. The number of benzene rings is 1. The van der Waals surface area contributed by atoms with E-state index in [0.717, 1.165) is 10.6 Å². The van der Waals surface area contributed by atoms with Crippen LogP contribution < -0.4 is 15.6 Å². The van der Waals surface area contributed by atoms with E-state index in [1.807, 2.05) is 11.6 Å². The summed E-state index contributed by atoms with van der Waals surface area (Å²) in [5, 5.41) is 2.59. The van der Waals surface area contributed by atoms with Gasteiger partial charge in [-0.3, -0.25) is 14.1 Å². The molecule has 0 saturated heterocycles. The Morgan fingerprint density at radius 2 is 1.79 bits per heavy atom. The van der Waals surface area contributed by atoms with Crippen LogP contribution in [-0.4, -0.2) is 24.9 Å².